The van der Waals surface area contributed by atoms with Crippen molar-refractivity contribution in [1.29, 1.82) is 0 Å². The minimum Gasteiger partial charge on any atom is -0.263 e. The fourth-order valence-corrected chi connectivity index (χ4v) is 2.56. The molecule has 0 aliphatic heterocycles. The molecular formula is C12H7BrClFN4. The number of hydrogen-bond donors (Lipinski definition) is 0. The highest BCUT2D eigenvalue weighted by molar-refractivity contribution is 9.10. The SMILES string of the molecule is Cc1nc(Cl)cc2nnc(-c3cccc(F)c3Br)n12. The average Bonchev–Trinajstić information content (AvgIpc) is 2.76. The van der Waals surface area contributed by atoms with Gasteiger partial charge in [-0.15, -0.1) is 10.2 Å². The van der Waals surface area contributed by atoms with Crippen molar-refractivity contribution < 1.29 is 4.39 Å². The van der Waals surface area contributed by atoms with Crippen LogP contribution in [0.2, 0.25) is 5.15 Å². The minimum atomic E-state index is -0.353. The Morgan fingerprint density at radius 3 is 2.89 bits per heavy atom. The van der Waals surface area contributed by atoms with Crippen molar-refractivity contribution in [3.8, 4) is 11.4 Å². The van der Waals surface area contributed by atoms with Crippen LogP contribution in [0.15, 0.2) is 28.7 Å². The molecule has 96 valence electrons. The largest absolute Gasteiger partial charge is 0.263 e. The molecule has 0 bridgehead atoms. The first-order valence-corrected chi connectivity index (χ1v) is 6.57. The smallest absolute Gasteiger partial charge is 0.171 e. The number of aromatic nitrogens is 4. The Morgan fingerprint density at radius 2 is 2.11 bits per heavy atom. The van der Waals surface area contributed by atoms with E-state index in [2.05, 4.69) is 31.1 Å². The molecule has 3 aromatic rings. The molecule has 0 aliphatic carbocycles. The van der Waals surface area contributed by atoms with Crippen LogP contribution in [-0.2, 0) is 0 Å². The molecule has 2 aromatic heterocycles. The molecule has 0 fully saturated rings. The first-order chi connectivity index (χ1) is 9.08. The highest BCUT2D eigenvalue weighted by Gasteiger charge is 2.15. The standard InChI is InChI=1S/C12H7BrClFN4/c1-6-16-9(14)5-10-17-18-12(19(6)10)7-3-2-4-8(15)11(7)13/h2-5H,1H3. The first-order valence-electron chi connectivity index (χ1n) is 5.40. The van der Waals surface area contributed by atoms with Gasteiger partial charge in [0.25, 0.3) is 0 Å². The van der Waals surface area contributed by atoms with Crippen LogP contribution >= 0.6 is 27.5 Å². The van der Waals surface area contributed by atoms with Gasteiger partial charge in [-0.25, -0.2) is 9.37 Å². The van der Waals surface area contributed by atoms with E-state index in [1.807, 2.05) is 0 Å². The predicted octanol–water partition coefficient (Wildman–Crippen LogP) is 3.65. The molecule has 1 aromatic carbocycles. The van der Waals surface area contributed by atoms with Crippen molar-refractivity contribution in [2.24, 2.45) is 0 Å². The second-order valence-electron chi connectivity index (χ2n) is 3.94. The maximum Gasteiger partial charge on any atom is 0.171 e. The third kappa shape index (κ3) is 2.01. The molecule has 0 amide bonds. The molecule has 0 saturated heterocycles. The molecule has 2 heterocycles. The summed E-state index contributed by atoms with van der Waals surface area (Å²) in [4.78, 5) is 4.15. The normalized spacial score (nSPS) is 11.2. The zero-order valence-corrected chi connectivity index (χ0v) is 12.1. The number of benzene rings is 1. The molecule has 0 saturated carbocycles. The zero-order valence-electron chi connectivity index (χ0n) is 9.73. The quantitative estimate of drug-likeness (QED) is 0.635. The number of rotatable bonds is 1. The van der Waals surface area contributed by atoms with E-state index in [1.54, 1.807) is 29.5 Å². The second-order valence-corrected chi connectivity index (χ2v) is 5.12. The summed E-state index contributed by atoms with van der Waals surface area (Å²) in [5.41, 5.74) is 1.18. The minimum absolute atomic E-state index is 0.346. The highest BCUT2D eigenvalue weighted by Crippen LogP contribution is 2.30. The van der Waals surface area contributed by atoms with Gasteiger partial charge < -0.3 is 0 Å². The van der Waals surface area contributed by atoms with Gasteiger partial charge in [0.05, 0.1) is 4.47 Å². The fraction of sp³-hybridized carbons (Fsp3) is 0.0833. The Bertz CT molecular complexity index is 787. The molecule has 0 atom stereocenters. The van der Waals surface area contributed by atoms with E-state index in [1.165, 1.54) is 6.07 Å². The van der Waals surface area contributed by atoms with Gasteiger partial charge in [-0.05, 0) is 35.0 Å². The number of halogens is 3. The number of aryl methyl sites for hydroxylation is 1. The van der Waals surface area contributed by atoms with Gasteiger partial charge in [0.15, 0.2) is 11.5 Å². The lowest BCUT2D eigenvalue weighted by atomic mass is 10.2. The van der Waals surface area contributed by atoms with Crippen molar-refractivity contribution in [3.05, 3.63) is 45.5 Å². The van der Waals surface area contributed by atoms with E-state index in [4.69, 9.17) is 11.6 Å². The van der Waals surface area contributed by atoms with Gasteiger partial charge in [0.1, 0.15) is 16.8 Å². The maximum atomic E-state index is 13.6. The topological polar surface area (TPSA) is 43.1 Å². The number of nitrogens with zero attached hydrogens (tertiary/aromatic N) is 4. The summed E-state index contributed by atoms with van der Waals surface area (Å²) in [5.74, 6) is 0.801. The summed E-state index contributed by atoms with van der Waals surface area (Å²) in [6.07, 6.45) is 0. The summed E-state index contributed by atoms with van der Waals surface area (Å²) in [6, 6.07) is 6.36. The maximum absolute atomic E-state index is 13.6. The van der Waals surface area contributed by atoms with E-state index in [0.29, 0.717) is 32.5 Å². The lowest BCUT2D eigenvalue weighted by Crippen LogP contribution is -1.98. The number of fused-ring (bicyclic) bond motifs is 1. The molecule has 0 radical (unpaired) electrons. The fourth-order valence-electron chi connectivity index (χ4n) is 1.90. The van der Waals surface area contributed by atoms with Crippen molar-refractivity contribution in [3.63, 3.8) is 0 Å². The Hall–Kier alpha value is -1.53. The Labute approximate surface area is 121 Å². The van der Waals surface area contributed by atoms with Crippen LogP contribution in [0.5, 0.6) is 0 Å². The highest BCUT2D eigenvalue weighted by atomic mass is 79.9. The molecule has 0 aliphatic rings. The lowest BCUT2D eigenvalue weighted by Gasteiger charge is -2.05. The Balaban J connectivity index is 2.35. The molecular weight excluding hydrogens is 335 g/mol. The van der Waals surface area contributed by atoms with E-state index < -0.39 is 0 Å². The van der Waals surface area contributed by atoms with Gasteiger partial charge in [0.2, 0.25) is 0 Å². The summed E-state index contributed by atoms with van der Waals surface area (Å²) in [7, 11) is 0. The Kier molecular flexibility index (Phi) is 2.99. The number of hydrogen-bond acceptors (Lipinski definition) is 3. The first kappa shape index (κ1) is 12.5. The summed E-state index contributed by atoms with van der Waals surface area (Å²) in [6.45, 7) is 1.79. The van der Waals surface area contributed by atoms with Crippen molar-refractivity contribution in [2.45, 2.75) is 6.92 Å². The third-order valence-corrected chi connectivity index (χ3v) is 3.72. The third-order valence-electron chi connectivity index (χ3n) is 2.72. The van der Waals surface area contributed by atoms with Crippen molar-refractivity contribution in [1.82, 2.24) is 19.6 Å². The van der Waals surface area contributed by atoms with Crippen LogP contribution in [0.1, 0.15) is 5.82 Å². The van der Waals surface area contributed by atoms with E-state index in [9.17, 15) is 4.39 Å². The summed E-state index contributed by atoms with van der Waals surface area (Å²) >= 11 is 9.10. The predicted molar refractivity (Wildman–Crippen MR) is 73.6 cm³/mol. The Morgan fingerprint density at radius 1 is 1.32 bits per heavy atom. The van der Waals surface area contributed by atoms with Crippen LogP contribution in [0.25, 0.3) is 17.0 Å². The molecule has 7 heteroatoms. The van der Waals surface area contributed by atoms with Crippen molar-refractivity contribution >= 4 is 33.2 Å². The summed E-state index contributed by atoms with van der Waals surface area (Å²) < 4.78 is 15.7. The van der Waals surface area contributed by atoms with Crippen LogP contribution in [0, 0.1) is 12.7 Å². The van der Waals surface area contributed by atoms with E-state index in [-0.39, 0.29) is 5.82 Å². The van der Waals surface area contributed by atoms with Crippen LogP contribution in [0.3, 0.4) is 0 Å². The molecule has 19 heavy (non-hydrogen) atoms. The van der Waals surface area contributed by atoms with Crippen LogP contribution in [-0.4, -0.2) is 19.6 Å². The molecule has 3 rings (SSSR count). The molecule has 0 unspecified atom stereocenters. The van der Waals surface area contributed by atoms with Gasteiger partial charge >= 0.3 is 0 Å². The van der Waals surface area contributed by atoms with Crippen LogP contribution in [0.4, 0.5) is 4.39 Å². The van der Waals surface area contributed by atoms with E-state index >= 15 is 0 Å². The van der Waals surface area contributed by atoms with E-state index in [0.717, 1.165) is 0 Å². The lowest BCUT2D eigenvalue weighted by molar-refractivity contribution is 0.621. The summed E-state index contributed by atoms with van der Waals surface area (Å²) in [5, 5.41) is 8.47. The molecule has 0 spiro atoms. The molecule has 0 N–H and O–H groups in total. The van der Waals surface area contributed by atoms with Crippen LogP contribution < -0.4 is 0 Å². The van der Waals surface area contributed by atoms with Gasteiger partial charge in [-0.3, -0.25) is 4.40 Å². The van der Waals surface area contributed by atoms with Crippen molar-refractivity contribution in [2.75, 3.05) is 0 Å². The molecule has 4 nitrogen and oxygen atoms in total. The zero-order chi connectivity index (χ0) is 13.6. The van der Waals surface area contributed by atoms with Gasteiger partial charge in [0, 0.05) is 11.6 Å². The monoisotopic (exact) mass is 340 g/mol. The second kappa shape index (κ2) is 4.54. The van der Waals surface area contributed by atoms with Gasteiger partial charge in [-0.1, -0.05) is 17.7 Å². The van der Waals surface area contributed by atoms with Gasteiger partial charge in [-0.2, -0.15) is 0 Å². The average molecular weight is 342 g/mol.